The molecular weight excluding hydrogens is 428 g/mol. The predicted molar refractivity (Wildman–Crippen MR) is 107 cm³/mol. The highest BCUT2D eigenvalue weighted by Crippen LogP contribution is 2.44. The number of nitrogens with two attached hydrogens (primary N) is 1. The normalized spacial score (nSPS) is 21.7. The van der Waals surface area contributed by atoms with Gasteiger partial charge in [-0.1, -0.05) is 24.3 Å². The van der Waals surface area contributed by atoms with Crippen molar-refractivity contribution in [1.82, 2.24) is 15.3 Å². The number of nitrogens with zero attached hydrogens (tertiary/aromatic N) is 2. The Hall–Kier alpha value is -3.17. The summed E-state index contributed by atoms with van der Waals surface area (Å²) in [6.07, 6.45) is 2.29. The minimum atomic E-state index is -4.69. The van der Waals surface area contributed by atoms with Gasteiger partial charge in [-0.3, -0.25) is 4.79 Å². The Morgan fingerprint density at radius 1 is 1.19 bits per heavy atom. The molecule has 0 radical (unpaired) electrons. The molecule has 2 unspecified atom stereocenters. The van der Waals surface area contributed by atoms with Crippen LogP contribution in [0.25, 0.3) is 0 Å². The second-order valence-corrected chi connectivity index (χ2v) is 8.18. The molecule has 6 nitrogen and oxygen atoms in total. The third-order valence-corrected chi connectivity index (χ3v) is 5.85. The minimum absolute atomic E-state index is 0.0554. The van der Waals surface area contributed by atoms with Crippen LogP contribution in [-0.2, 0) is 24.1 Å². The molecule has 10 heteroatoms. The van der Waals surface area contributed by atoms with Gasteiger partial charge in [0.15, 0.2) is 5.69 Å². The molecule has 1 heterocycles. The molecule has 170 valence electrons. The fourth-order valence-corrected chi connectivity index (χ4v) is 4.28. The van der Waals surface area contributed by atoms with E-state index in [2.05, 4.69) is 27.4 Å². The van der Waals surface area contributed by atoms with Crippen molar-refractivity contribution in [3.05, 3.63) is 59.1 Å². The third-order valence-electron chi connectivity index (χ3n) is 5.85. The molecule has 3 N–H and O–H groups in total. The lowest BCUT2D eigenvalue weighted by Crippen LogP contribution is -2.26. The predicted octanol–water partition coefficient (Wildman–Crippen LogP) is 4.01. The minimum Gasteiger partial charge on any atom is -0.473 e. The summed E-state index contributed by atoms with van der Waals surface area (Å²) >= 11 is 0. The van der Waals surface area contributed by atoms with Gasteiger partial charge in [-0.2, -0.15) is 18.2 Å². The SMILES string of the molecule is Nc1nc(OCc2ccc(CNC(=O)CC3CC4C=C[C@@H]3C4)c(F)c2)cc(C(F)(F)F)n1. The highest BCUT2D eigenvalue weighted by Gasteiger charge is 2.36. The largest absolute Gasteiger partial charge is 0.473 e. The molecule has 2 bridgehead atoms. The number of ether oxygens (including phenoxy) is 1. The van der Waals surface area contributed by atoms with E-state index in [0.29, 0.717) is 41.4 Å². The molecule has 0 aliphatic heterocycles. The van der Waals surface area contributed by atoms with Gasteiger partial charge in [-0.05, 0) is 42.2 Å². The molecule has 1 fully saturated rings. The number of nitrogen functional groups attached to an aromatic ring is 1. The van der Waals surface area contributed by atoms with Crippen molar-refractivity contribution in [3.8, 4) is 5.88 Å². The van der Waals surface area contributed by atoms with Crippen molar-refractivity contribution in [1.29, 1.82) is 0 Å². The number of halogens is 4. The maximum atomic E-state index is 14.4. The average molecular weight is 450 g/mol. The number of anilines is 1. The summed E-state index contributed by atoms with van der Waals surface area (Å²) < 4.78 is 58.1. The molecule has 1 aromatic carbocycles. The molecule has 2 aliphatic rings. The topological polar surface area (TPSA) is 90.1 Å². The van der Waals surface area contributed by atoms with E-state index in [1.165, 1.54) is 12.1 Å². The fraction of sp³-hybridized carbons (Fsp3) is 0.409. The Balaban J connectivity index is 1.30. The summed E-state index contributed by atoms with van der Waals surface area (Å²) in [5.74, 6) is -0.186. The monoisotopic (exact) mass is 450 g/mol. The van der Waals surface area contributed by atoms with Crippen LogP contribution in [0.1, 0.15) is 36.1 Å². The van der Waals surface area contributed by atoms with Gasteiger partial charge >= 0.3 is 6.18 Å². The highest BCUT2D eigenvalue weighted by molar-refractivity contribution is 5.76. The molecule has 4 rings (SSSR count). The van der Waals surface area contributed by atoms with Crippen molar-refractivity contribution in [3.63, 3.8) is 0 Å². The van der Waals surface area contributed by atoms with Crippen molar-refractivity contribution in [2.24, 2.45) is 17.8 Å². The van der Waals surface area contributed by atoms with Gasteiger partial charge in [0, 0.05) is 24.6 Å². The number of rotatable bonds is 7. The standard InChI is InChI=1S/C22H22F4N4O2/c23-17-7-13(11-32-20-9-18(22(24,25)26)29-21(27)30-20)2-4-15(17)10-28-19(31)8-16-6-12-1-3-14(16)5-12/h1-4,7,9,12,14,16H,5-6,8,10-11H2,(H,28,31)(H2,27,29,30)/t12?,14-,16?/m1/s1. The van der Waals surface area contributed by atoms with Gasteiger partial charge in [0.2, 0.25) is 17.7 Å². The van der Waals surface area contributed by atoms with E-state index in [-0.39, 0.29) is 24.9 Å². The number of alkyl halides is 3. The van der Waals surface area contributed by atoms with Crippen LogP contribution in [0.4, 0.5) is 23.5 Å². The average Bonchev–Trinajstić information content (AvgIpc) is 3.34. The van der Waals surface area contributed by atoms with E-state index < -0.39 is 23.6 Å². The summed E-state index contributed by atoms with van der Waals surface area (Å²) in [6.45, 7) is -0.158. The summed E-state index contributed by atoms with van der Waals surface area (Å²) in [7, 11) is 0. The fourth-order valence-electron chi connectivity index (χ4n) is 4.28. The molecule has 0 saturated heterocycles. The van der Waals surface area contributed by atoms with E-state index in [4.69, 9.17) is 10.5 Å². The second-order valence-electron chi connectivity index (χ2n) is 8.18. The number of hydrogen-bond acceptors (Lipinski definition) is 5. The number of benzene rings is 1. The van der Waals surface area contributed by atoms with Gasteiger partial charge < -0.3 is 15.8 Å². The molecule has 1 amide bonds. The Labute approximate surface area is 181 Å². The van der Waals surface area contributed by atoms with E-state index in [0.717, 1.165) is 12.8 Å². The van der Waals surface area contributed by atoms with E-state index >= 15 is 0 Å². The molecule has 3 atom stereocenters. The molecule has 2 aromatic rings. The Bertz CT molecular complexity index is 1040. The van der Waals surface area contributed by atoms with Crippen LogP contribution in [0, 0.1) is 23.6 Å². The summed E-state index contributed by atoms with van der Waals surface area (Å²) in [5, 5.41) is 2.76. The van der Waals surface area contributed by atoms with Crippen molar-refractivity contribution < 1.29 is 27.1 Å². The third kappa shape index (κ3) is 5.17. The van der Waals surface area contributed by atoms with Crippen LogP contribution in [-0.4, -0.2) is 15.9 Å². The number of hydrogen-bond donors (Lipinski definition) is 2. The van der Waals surface area contributed by atoms with Crippen LogP contribution in [0.15, 0.2) is 36.4 Å². The maximum Gasteiger partial charge on any atom is 0.433 e. The van der Waals surface area contributed by atoms with E-state index in [9.17, 15) is 22.4 Å². The highest BCUT2D eigenvalue weighted by atomic mass is 19.4. The van der Waals surface area contributed by atoms with Gasteiger partial charge in [0.05, 0.1) is 0 Å². The molecular formula is C22H22F4N4O2. The zero-order valence-electron chi connectivity index (χ0n) is 17.0. The first kappa shape index (κ1) is 22.0. The molecule has 1 saturated carbocycles. The smallest absolute Gasteiger partial charge is 0.433 e. The maximum absolute atomic E-state index is 14.4. The zero-order chi connectivity index (χ0) is 22.9. The zero-order valence-corrected chi connectivity index (χ0v) is 17.0. The first-order valence-corrected chi connectivity index (χ1v) is 10.2. The molecule has 1 aromatic heterocycles. The summed E-state index contributed by atoms with van der Waals surface area (Å²) in [5.41, 5.74) is 4.76. The van der Waals surface area contributed by atoms with Crippen LogP contribution in [0.3, 0.4) is 0 Å². The number of fused-ring (bicyclic) bond motifs is 2. The van der Waals surface area contributed by atoms with Gasteiger partial charge in [-0.15, -0.1) is 0 Å². The van der Waals surface area contributed by atoms with Crippen molar-refractivity contribution in [2.75, 3.05) is 5.73 Å². The summed E-state index contributed by atoms with van der Waals surface area (Å²) in [6, 6.07) is 4.91. The summed E-state index contributed by atoms with van der Waals surface area (Å²) in [4.78, 5) is 19.0. The lowest BCUT2D eigenvalue weighted by atomic mass is 9.90. The van der Waals surface area contributed by atoms with Gasteiger partial charge in [-0.25, -0.2) is 9.37 Å². The lowest BCUT2D eigenvalue weighted by molar-refractivity contribution is -0.141. The number of amides is 1. The number of allylic oxidation sites excluding steroid dienone is 2. The number of carbonyl (C=O) groups is 1. The number of nitrogens with one attached hydrogen (secondary N) is 1. The number of carbonyl (C=O) groups excluding carboxylic acids is 1. The van der Waals surface area contributed by atoms with E-state index in [1.54, 1.807) is 6.07 Å². The number of aromatic nitrogens is 2. The first-order chi connectivity index (χ1) is 15.2. The Kier molecular flexibility index (Phi) is 6.03. The van der Waals surface area contributed by atoms with Crippen LogP contribution in [0.2, 0.25) is 0 Å². The van der Waals surface area contributed by atoms with Crippen LogP contribution >= 0.6 is 0 Å². The Morgan fingerprint density at radius 2 is 2.00 bits per heavy atom. The quantitative estimate of drug-likeness (QED) is 0.491. The lowest BCUT2D eigenvalue weighted by Gasteiger charge is -2.17. The molecule has 0 spiro atoms. The van der Waals surface area contributed by atoms with Gasteiger partial charge in [0.25, 0.3) is 0 Å². The van der Waals surface area contributed by atoms with Gasteiger partial charge in [0.1, 0.15) is 12.4 Å². The Morgan fingerprint density at radius 3 is 2.66 bits per heavy atom. The molecule has 2 aliphatic carbocycles. The van der Waals surface area contributed by atoms with Crippen molar-refractivity contribution in [2.45, 2.75) is 38.6 Å². The van der Waals surface area contributed by atoms with E-state index in [1.807, 2.05) is 0 Å². The van der Waals surface area contributed by atoms with Crippen LogP contribution in [0.5, 0.6) is 5.88 Å². The van der Waals surface area contributed by atoms with Crippen molar-refractivity contribution >= 4 is 11.9 Å². The second kappa shape index (κ2) is 8.76. The molecule has 32 heavy (non-hydrogen) atoms. The van der Waals surface area contributed by atoms with Crippen LogP contribution < -0.4 is 15.8 Å². The first-order valence-electron chi connectivity index (χ1n) is 10.2.